The Hall–Kier alpha value is -1.50. The summed E-state index contributed by atoms with van der Waals surface area (Å²) in [6, 6.07) is 6.23. The van der Waals surface area contributed by atoms with Gasteiger partial charge in [-0.05, 0) is 23.8 Å². The number of nitrogens with zero attached hydrogens (tertiary/aromatic N) is 2. The van der Waals surface area contributed by atoms with Crippen LogP contribution in [0.1, 0.15) is 10.6 Å². The van der Waals surface area contributed by atoms with Gasteiger partial charge in [0.2, 0.25) is 0 Å². The molecular weight excluding hydrogens is 274 g/mol. The normalized spacial score (nSPS) is 13.2. The zero-order valence-corrected chi connectivity index (χ0v) is 12.2. The van der Waals surface area contributed by atoms with E-state index in [2.05, 4.69) is 21.6 Å². The summed E-state index contributed by atoms with van der Waals surface area (Å²) >= 11 is 1.62. The van der Waals surface area contributed by atoms with Crippen LogP contribution in [0, 0.1) is 0 Å². The minimum absolute atomic E-state index is 0.705. The molecule has 0 aliphatic carbocycles. The SMILES string of the molecule is COCCNCc1nnc(-c2ccc3c(c2)CCO3)s1. The first-order chi connectivity index (χ1) is 9.86. The molecule has 5 nitrogen and oxygen atoms in total. The molecule has 1 aromatic carbocycles. The smallest absolute Gasteiger partial charge is 0.147 e. The van der Waals surface area contributed by atoms with Crippen molar-refractivity contribution < 1.29 is 9.47 Å². The van der Waals surface area contributed by atoms with E-state index in [0.29, 0.717) is 6.61 Å². The first-order valence-electron chi connectivity index (χ1n) is 6.65. The van der Waals surface area contributed by atoms with Gasteiger partial charge in [-0.2, -0.15) is 0 Å². The quantitative estimate of drug-likeness (QED) is 0.824. The molecule has 2 heterocycles. The van der Waals surface area contributed by atoms with Gasteiger partial charge in [-0.25, -0.2) is 0 Å². The fraction of sp³-hybridized carbons (Fsp3) is 0.429. The maximum absolute atomic E-state index is 5.52. The highest BCUT2D eigenvalue weighted by molar-refractivity contribution is 7.14. The van der Waals surface area contributed by atoms with Crippen molar-refractivity contribution in [2.24, 2.45) is 0 Å². The number of aromatic nitrogens is 2. The Morgan fingerprint density at radius 2 is 2.35 bits per heavy atom. The van der Waals surface area contributed by atoms with Crippen LogP contribution in [0.3, 0.4) is 0 Å². The molecule has 0 radical (unpaired) electrons. The van der Waals surface area contributed by atoms with Gasteiger partial charge in [-0.1, -0.05) is 11.3 Å². The minimum atomic E-state index is 0.705. The number of rotatable bonds is 6. The first-order valence-corrected chi connectivity index (χ1v) is 7.46. The van der Waals surface area contributed by atoms with Crippen LogP contribution < -0.4 is 10.1 Å². The Morgan fingerprint density at radius 1 is 1.40 bits per heavy atom. The molecule has 20 heavy (non-hydrogen) atoms. The van der Waals surface area contributed by atoms with E-state index in [1.165, 1.54) is 5.56 Å². The maximum Gasteiger partial charge on any atom is 0.147 e. The minimum Gasteiger partial charge on any atom is -0.493 e. The van der Waals surface area contributed by atoms with Crippen LogP contribution in [0.4, 0.5) is 0 Å². The van der Waals surface area contributed by atoms with Crippen LogP contribution in [-0.4, -0.2) is 37.1 Å². The highest BCUT2D eigenvalue weighted by Crippen LogP contribution is 2.31. The van der Waals surface area contributed by atoms with Crippen LogP contribution in [0.25, 0.3) is 10.6 Å². The molecule has 2 aromatic rings. The van der Waals surface area contributed by atoms with Crippen LogP contribution >= 0.6 is 11.3 Å². The van der Waals surface area contributed by atoms with Gasteiger partial charge in [0, 0.05) is 32.2 Å². The molecule has 1 aromatic heterocycles. The lowest BCUT2D eigenvalue weighted by atomic mass is 10.1. The number of hydrogen-bond acceptors (Lipinski definition) is 6. The number of hydrogen-bond donors (Lipinski definition) is 1. The summed E-state index contributed by atoms with van der Waals surface area (Å²) in [6.07, 6.45) is 0.980. The fourth-order valence-electron chi connectivity index (χ4n) is 2.13. The van der Waals surface area contributed by atoms with Crippen LogP contribution in [-0.2, 0) is 17.7 Å². The molecule has 1 aliphatic heterocycles. The predicted molar refractivity (Wildman–Crippen MR) is 78.1 cm³/mol. The van der Waals surface area contributed by atoms with E-state index in [1.807, 2.05) is 12.1 Å². The molecule has 0 bridgehead atoms. The molecule has 1 N–H and O–H groups in total. The Bertz CT molecular complexity index is 586. The van der Waals surface area contributed by atoms with E-state index in [0.717, 1.165) is 47.4 Å². The van der Waals surface area contributed by atoms with E-state index >= 15 is 0 Å². The third kappa shape index (κ3) is 2.98. The fourth-order valence-corrected chi connectivity index (χ4v) is 2.94. The van der Waals surface area contributed by atoms with E-state index in [1.54, 1.807) is 18.4 Å². The van der Waals surface area contributed by atoms with Gasteiger partial charge >= 0.3 is 0 Å². The molecule has 106 valence electrons. The molecule has 1 aliphatic rings. The molecule has 0 spiro atoms. The van der Waals surface area contributed by atoms with Gasteiger partial charge in [0.15, 0.2) is 0 Å². The van der Waals surface area contributed by atoms with Crippen molar-refractivity contribution in [2.45, 2.75) is 13.0 Å². The third-order valence-corrected chi connectivity index (χ3v) is 4.13. The highest BCUT2D eigenvalue weighted by atomic mass is 32.1. The summed E-state index contributed by atoms with van der Waals surface area (Å²) < 4.78 is 10.5. The lowest BCUT2D eigenvalue weighted by Crippen LogP contribution is -2.18. The van der Waals surface area contributed by atoms with Gasteiger partial charge in [0.1, 0.15) is 15.8 Å². The second-order valence-electron chi connectivity index (χ2n) is 4.59. The van der Waals surface area contributed by atoms with E-state index in [-0.39, 0.29) is 0 Å². The van der Waals surface area contributed by atoms with Gasteiger partial charge in [-0.15, -0.1) is 10.2 Å². The second-order valence-corrected chi connectivity index (χ2v) is 5.65. The standard InChI is InChI=1S/C14H17N3O2S/c1-18-7-5-15-9-13-16-17-14(20-13)11-2-3-12-10(8-11)4-6-19-12/h2-3,8,15H,4-7,9H2,1H3. The van der Waals surface area contributed by atoms with Gasteiger partial charge in [0.05, 0.1) is 13.2 Å². The number of methoxy groups -OCH3 is 1. The first kappa shape index (κ1) is 13.5. The van der Waals surface area contributed by atoms with Gasteiger partial charge < -0.3 is 14.8 Å². The molecule has 3 rings (SSSR count). The average molecular weight is 291 g/mol. The van der Waals surface area contributed by atoms with Crippen molar-refractivity contribution >= 4 is 11.3 Å². The predicted octanol–water partition coefficient (Wildman–Crippen LogP) is 1.88. The molecule has 0 saturated heterocycles. The van der Waals surface area contributed by atoms with Crippen molar-refractivity contribution in [1.82, 2.24) is 15.5 Å². The molecular formula is C14H17N3O2S. The van der Waals surface area contributed by atoms with E-state index < -0.39 is 0 Å². The molecule has 0 fully saturated rings. The summed E-state index contributed by atoms with van der Waals surface area (Å²) in [7, 11) is 1.70. The number of fused-ring (bicyclic) bond motifs is 1. The van der Waals surface area contributed by atoms with E-state index in [4.69, 9.17) is 9.47 Å². The zero-order valence-electron chi connectivity index (χ0n) is 11.4. The van der Waals surface area contributed by atoms with Crippen molar-refractivity contribution in [2.75, 3.05) is 26.9 Å². The number of ether oxygens (including phenoxy) is 2. The van der Waals surface area contributed by atoms with Crippen molar-refractivity contribution in [3.05, 3.63) is 28.8 Å². The zero-order chi connectivity index (χ0) is 13.8. The molecule has 0 saturated carbocycles. The van der Waals surface area contributed by atoms with Gasteiger partial charge in [-0.3, -0.25) is 0 Å². The largest absolute Gasteiger partial charge is 0.493 e. The lowest BCUT2D eigenvalue weighted by molar-refractivity contribution is 0.199. The maximum atomic E-state index is 5.52. The highest BCUT2D eigenvalue weighted by Gasteiger charge is 2.14. The topological polar surface area (TPSA) is 56.3 Å². The summed E-state index contributed by atoms with van der Waals surface area (Å²) in [5, 5.41) is 13.7. The Morgan fingerprint density at radius 3 is 3.25 bits per heavy atom. The number of nitrogens with one attached hydrogen (secondary N) is 1. The molecule has 0 unspecified atom stereocenters. The van der Waals surface area contributed by atoms with Crippen molar-refractivity contribution in [3.63, 3.8) is 0 Å². The van der Waals surface area contributed by atoms with Crippen molar-refractivity contribution in [3.8, 4) is 16.3 Å². The summed E-state index contributed by atoms with van der Waals surface area (Å²) in [6.45, 7) is 3.04. The average Bonchev–Trinajstić information content (AvgIpc) is 3.11. The van der Waals surface area contributed by atoms with Crippen molar-refractivity contribution in [1.29, 1.82) is 0 Å². The molecule has 6 heteroatoms. The Balaban J connectivity index is 1.67. The monoisotopic (exact) mass is 291 g/mol. The van der Waals surface area contributed by atoms with E-state index in [9.17, 15) is 0 Å². The summed E-state index contributed by atoms with van der Waals surface area (Å²) in [5.74, 6) is 1.000. The van der Waals surface area contributed by atoms with Crippen LogP contribution in [0.5, 0.6) is 5.75 Å². The van der Waals surface area contributed by atoms with Crippen LogP contribution in [0.2, 0.25) is 0 Å². The molecule has 0 atom stereocenters. The molecule has 0 amide bonds. The van der Waals surface area contributed by atoms with Gasteiger partial charge in [0.25, 0.3) is 0 Å². The summed E-state index contributed by atoms with van der Waals surface area (Å²) in [5.41, 5.74) is 2.38. The second kappa shape index (κ2) is 6.30. The lowest BCUT2D eigenvalue weighted by Gasteiger charge is -2.00. The number of benzene rings is 1. The third-order valence-electron chi connectivity index (χ3n) is 3.16. The van der Waals surface area contributed by atoms with Crippen LogP contribution in [0.15, 0.2) is 18.2 Å². The Labute approximate surface area is 121 Å². The summed E-state index contributed by atoms with van der Waals surface area (Å²) in [4.78, 5) is 0. The Kier molecular flexibility index (Phi) is 4.25.